The van der Waals surface area contributed by atoms with Crippen molar-refractivity contribution >= 4 is 23.3 Å². The molecule has 1 aliphatic heterocycles. The standard InChI is InChI=1S/C12H17N3O3S/c1-8(11-13-2-3-19-11)5-14-12(18)15-6-9(7-15)4-10(16)17/h2-3,8-9H,4-7H2,1H3,(H,14,18)(H,16,17). The Hall–Kier alpha value is -1.63. The number of carboxylic acids is 1. The number of urea groups is 1. The molecule has 1 aromatic rings. The highest BCUT2D eigenvalue weighted by atomic mass is 32.1. The first-order valence-electron chi connectivity index (χ1n) is 6.20. The van der Waals surface area contributed by atoms with Gasteiger partial charge in [0.1, 0.15) is 0 Å². The molecule has 1 fully saturated rings. The predicted octanol–water partition coefficient (Wildman–Crippen LogP) is 1.36. The smallest absolute Gasteiger partial charge is 0.317 e. The van der Waals surface area contributed by atoms with Crippen molar-refractivity contribution in [2.75, 3.05) is 19.6 Å². The molecule has 104 valence electrons. The van der Waals surface area contributed by atoms with Gasteiger partial charge in [-0.3, -0.25) is 4.79 Å². The lowest BCUT2D eigenvalue weighted by Crippen LogP contribution is -2.54. The number of carbonyl (C=O) groups excluding carboxylic acids is 1. The van der Waals surface area contributed by atoms with E-state index in [4.69, 9.17) is 5.11 Å². The number of thiazole rings is 1. The second kappa shape index (κ2) is 6.01. The first-order valence-corrected chi connectivity index (χ1v) is 7.08. The van der Waals surface area contributed by atoms with Crippen molar-refractivity contribution in [1.29, 1.82) is 0 Å². The lowest BCUT2D eigenvalue weighted by molar-refractivity contribution is -0.139. The number of nitrogens with zero attached hydrogens (tertiary/aromatic N) is 2. The van der Waals surface area contributed by atoms with Gasteiger partial charge in [0.15, 0.2) is 0 Å². The number of likely N-dealkylation sites (tertiary alicyclic amines) is 1. The third kappa shape index (κ3) is 3.66. The van der Waals surface area contributed by atoms with Gasteiger partial charge < -0.3 is 15.3 Å². The third-order valence-corrected chi connectivity index (χ3v) is 4.15. The van der Waals surface area contributed by atoms with E-state index in [0.717, 1.165) is 5.01 Å². The lowest BCUT2D eigenvalue weighted by Gasteiger charge is -2.38. The summed E-state index contributed by atoms with van der Waals surface area (Å²) < 4.78 is 0. The summed E-state index contributed by atoms with van der Waals surface area (Å²) in [5.74, 6) is -0.512. The van der Waals surface area contributed by atoms with Crippen LogP contribution in [0.1, 0.15) is 24.3 Å². The number of rotatable bonds is 5. The van der Waals surface area contributed by atoms with Crippen molar-refractivity contribution in [1.82, 2.24) is 15.2 Å². The molecular weight excluding hydrogens is 266 g/mol. The number of carbonyl (C=O) groups is 2. The van der Waals surface area contributed by atoms with Gasteiger partial charge in [-0.05, 0) is 0 Å². The van der Waals surface area contributed by atoms with E-state index >= 15 is 0 Å². The van der Waals surface area contributed by atoms with Crippen molar-refractivity contribution in [2.45, 2.75) is 19.3 Å². The maximum atomic E-state index is 11.8. The fraction of sp³-hybridized carbons (Fsp3) is 0.583. The Kier molecular flexibility index (Phi) is 4.36. The van der Waals surface area contributed by atoms with Gasteiger partial charge in [0.25, 0.3) is 0 Å². The van der Waals surface area contributed by atoms with Gasteiger partial charge in [-0.1, -0.05) is 6.92 Å². The molecule has 2 N–H and O–H groups in total. The van der Waals surface area contributed by atoms with E-state index in [2.05, 4.69) is 10.3 Å². The molecule has 7 heteroatoms. The summed E-state index contributed by atoms with van der Waals surface area (Å²) in [4.78, 5) is 28.1. The Morgan fingerprint density at radius 3 is 2.95 bits per heavy atom. The minimum absolute atomic E-state index is 0.0969. The van der Waals surface area contributed by atoms with Gasteiger partial charge in [0.2, 0.25) is 0 Å². The molecule has 19 heavy (non-hydrogen) atoms. The zero-order chi connectivity index (χ0) is 13.8. The maximum Gasteiger partial charge on any atom is 0.317 e. The number of carboxylic acid groups (broad SMARTS) is 1. The molecule has 2 heterocycles. The van der Waals surface area contributed by atoms with Crippen LogP contribution < -0.4 is 5.32 Å². The van der Waals surface area contributed by atoms with Crippen molar-refractivity contribution < 1.29 is 14.7 Å². The Balaban J connectivity index is 1.67. The Bertz CT molecular complexity index is 443. The molecule has 0 spiro atoms. The molecular formula is C12H17N3O3S. The third-order valence-electron chi connectivity index (χ3n) is 3.14. The van der Waals surface area contributed by atoms with Crippen LogP contribution in [0.15, 0.2) is 11.6 Å². The summed E-state index contributed by atoms with van der Waals surface area (Å²) in [6, 6.07) is -0.120. The van der Waals surface area contributed by atoms with E-state index in [1.165, 1.54) is 0 Å². The van der Waals surface area contributed by atoms with Crippen LogP contribution in [0, 0.1) is 5.92 Å². The summed E-state index contributed by atoms with van der Waals surface area (Å²) >= 11 is 1.58. The van der Waals surface area contributed by atoms with Crippen LogP contribution in [0.5, 0.6) is 0 Å². The molecule has 2 amide bonds. The van der Waals surface area contributed by atoms with Gasteiger partial charge in [-0.25, -0.2) is 9.78 Å². The number of aliphatic carboxylic acids is 1. The van der Waals surface area contributed by atoms with E-state index in [1.54, 1.807) is 22.4 Å². The van der Waals surface area contributed by atoms with Crippen molar-refractivity contribution in [3.05, 3.63) is 16.6 Å². The number of hydrogen-bond donors (Lipinski definition) is 2. The quantitative estimate of drug-likeness (QED) is 0.855. The second-order valence-corrected chi connectivity index (χ2v) is 5.75. The number of amides is 2. The van der Waals surface area contributed by atoms with Crippen LogP contribution in [0.3, 0.4) is 0 Å². The van der Waals surface area contributed by atoms with Gasteiger partial charge in [-0.2, -0.15) is 0 Å². The minimum Gasteiger partial charge on any atom is -0.481 e. The highest BCUT2D eigenvalue weighted by Crippen LogP contribution is 2.20. The van der Waals surface area contributed by atoms with Crippen molar-refractivity contribution in [3.63, 3.8) is 0 Å². The average molecular weight is 283 g/mol. The Morgan fingerprint density at radius 2 is 2.37 bits per heavy atom. The monoisotopic (exact) mass is 283 g/mol. The highest BCUT2D eigenvalue weighted by molar-refractivity contribution is 7.09. The van der Waals surface area contributed by atoms with Crippen molar-refractivity contribution in [3.8, 4) is 0 Å². The van der Waals surface area contributed by atoms with Crippen LogP contribution in [0.4, 0.5) is 4.79 Å². The topological polar surface area (TPSA) is 82.5 Å². The summed E-state index contributed by atoms with van der Waals surface area (Å²) in [6.45, 7) is 3.63. The summed E-state index contributed by atoms with van der Waals surface area (Å²) in [7, 11) is 0. The fourth-order valence-corrected chi connectivity index (χ4v) is 2.73. The molecule has 1 saturated heterocycles. The molecule has 1 unspecified atom stereocenters. The molecule has 1 aromatic heterocycles. The van der Waals surface area contributed by atoms with Crippen LogP contribution in [0.2, 0.25) is 0 Å². The van der Waals surface area contributed by atoms with Gasteiger partial charge >= 0.3 is 12.0 Å². The summed E-state index contributed by atoms with van der Waals surface area (Å²) in [6.07, 6.45) is 1.89. The predicted molar refractivity (Wildman–Crippen MR) is 71.2 cm³/mol. The number of aromatic nitrogens is 1. The fourth-order valence-electron chi connectivity index (χ4n) is 2.03. The maximum absolute atomic E-state index is 11.8. The zero-order valence-corrected chi connectivity index (χ0v) is 11.5. The molecule has 0 aromatic carbocycles. The largest absolute Gasteiger partial charge is 0.481 e. The molecule has 0 saturated carbocycles. The molecule has 6 nitrogen and oxygen atoms in total. The van der Waals surface area contributed by atoms with Crippen LogP contribution in [-0.2, 0) is 4.79 Å². The zero-order valence-electron chi connectivity index (χ0n) is 10.7. The average Bonchev–Trinajstić information content (AvgIpc) is 2.83. The number of nitrogens with one attached hydrogen (secondary N) is 1. The first kappa shape index (κ1) is 13.8. The normalized spacial score (nSPS) is 16.8. The summed E-state index contributed by atoms with van der Waals surface area (Å²) in [5.41, 5.74) is 0. The molecule has 1 atom stereocenters. The van der Waals surface area contributed by atoms with Crippen molar-refractivity contribution in [2.24, 2.45) is 5.92 Å². The van der Waals surface area contributed by atoms with E-state index in [9.17, 15) is 9.59 Å². The minimum atomic E-state index is -0.803. The Morgan fingerprint density at radius 1 is 1.63 bits per heavy atom. The van der Waals surface area contributed by atoms with E-state index < -0.39 is 5.97 Å². The van der Waals surface area contributed by atoms with Crippen LogP contribution in [0.25, 0.3) is 0 Å². The van der Waals surface area contributed by atoms with Crippen LogP contribution in [-0.4, -0.2) is 46.6 Å². The molecule has 0 aliphatic carbocycles. The SMILES string of the molecule is CC(CNC(=O)N1CC(CC(=O)O)C1)c1nccs1. The highest BCUT2D eigenvalue weighted by Gasteiger charge is 2.32. The Labute approximate surface area is 115 Å². The van der Waals surface area contributed by atoms with Gasteiger partial charge in [0, 0.05) is 43.0 Å². The van der Waals surface area contributed by atoms with Gasteiger partial charge in [0.05, 0.1) is 11.4 Å². The molecule has 0 radical (unpaired) electrons. The van der Waals surface area contributed by atoms with E-state index in [1.807, 2.05) is 12.3 Å². The summed E-state index contributed by atoms with van der Waals surface area (Å²) in [5, 5.41) is 14.4. The molecule has 2 rings (SSSR count). The second-order valence-electron chi connectivity index (χ2n) is 4.83. The first-order chi connectivity index (χ1) is 9.06. The van der Waals surface area contributed by atoms with E-state index in [0.29, 0.717) is 19.6 Å². The van der Waals surface area contributed by atoms with Gasteiger partial charge in [-0.15, -0.1) is 11.3 Å². The lowest BCUT2D eigenvalue weighted by atomic mass is 9.97. The van der Waals surface area contributed by atoms with E-state index in [-0.39, 0.29) is 24.3 Å². The molecule has 1 aliphatic rings. The molecule has 0 bridgehead atoms. The number of hydrogen-bond acceptors (Lipinski definition) is 4. The van der Waals surface area contributed by atoms with Crippen LogP contribution >= 0.6 is 11.3 Å².